The van der Waals surface area contributed by atoms with Crippen molar-refractivity contribution in [2.45, 2.75) is 104 Å². The van der Waals surface area contributed by atoms with Gasteiger partial charge in [0.05, 0.1) is 23.8 Å². The van der Waals surface area contributed by atoms with Gasteiger partial charge < -0.3 is 29.9 Å². The van der Waals surface area contributed by atoms with Crippen molar-refractivity contribution < 1.29 is 49.1 Å². The van der Waals surface area contributed by atoms with Crippen molar-refractivity contribution in [3.8, 4) is 0 Å². The summed E-state index contributed by atoms with van der Waals surface area (Å²) in [6.07, 6.45) is 4.83. The Labute approximate surface area is 472 Å². The second-order valence-electron chi connectivity index (χ2n) is 22.4. The summed E-state index contributed by atoms with van der Waals surface area (Å²) in [6.45, 7) is 17.3. The molecule has 1 unspecified atom stereocenters. The molecular formula is C57H73ClF3N7O8S3. The van der Waals surface area contributed by atoms with E-state index < -0.39 is 58.4 Å². The maximum Gasteiger partial charge on any atom is 0.501 e. The van der Waals surface area contributed by atoms with Crippen molar-refractivity contribution >= 4 is 72.2 Å². The fraction of sp³-hybridized carbons (Fsp3) is 0.509. The van der Waals surface area contributed by atoms with Crippen molar-refractivity contribution in [3.05, 3.63) is 119 Å². The van der Waals surface area contributed by atoms with Crippen molar-refractivity contribution in [1.82, 2.24) is 24.7 Å². The molecule has 3 heterocycles. The number of ether oxygens (including phenoxy) is 2. The van der Waals surface area contributed by atoms with E-state index >= 15 is 0 Å². The van der Waals surface area contributed by atoms with E-state index in [2.05, 4.69) is 49.3 Å². The van der Waals surface area contributed by atoms with Crippen LogP contribution in [-0.4, -0.2) is 158 Å². The monoisotopic (exact) mass is 1170 g/mol. The van der Waals surface area contributed by atoms with Gasteiger partial charge in [0.2, 0.25) is 0 Å². The number of nitrogens with one attached hydrogen (secondary N) is 3. The van der Waals surface area contributed by atoms with Gasteiger partial charge in [-0.2, -0.15) is 13.2 Å². The number of rotatable bonds is 19. The van der Waals surface area contributed by atoms with E-state index in [0.717, 1.165) is 94.1 Å². The number of hydrogen-bond donors (Lipinski definition) is 3. The highest BCUT2D eigenvalue weighted by Crippen LogP contribution is 2.44. The molecule has 430 valence electrons. The summed E-state index contributed by atoms with van der Waals surface area (Å²) in [4.78, 5) is 34.3. The number of carbonyl (C=O) groups is 2. The van der Waals surface area contributed by atoms with E-state index in [1.54, 1.807) is 12.1 Å². The highest BCUT2D eigenvalue weighted by Gasteiger charge is 2.49. The van der Waals surface area contributed by atoms with Gasteiger partial charge in [0, 0.05) is 104 Å². The Morgan fingerprint density at radius 1 is 0.861 bits per heavy atom. The molecule has 0 spiro atoms. The maximum atomic E-state index is 14.3. The molecule has 3 saturated heterocycles. The first-order valence-electron chi connectivity index (χ1n) is 27.0. The average Bonchev–Trinajstić information content (AvgIpc) is 3.40. The number of nitrogens with zero attached hydrogens (tertiary/aromatic N) is 4. The molecule has 3 N–H and O–H groups in total. The fourth-order valence-electron chi connectivity index (χ4n) is 10.9. The van der Waals surface area contributed by atoms with Crippen LogP contribution in [0.15, 0.2) is 117 Å². The molecule has 2 amide bonds. The van der Waals surface area contributed by atoms with Gasteiger partial charge in [-0.3, -0.25) is 14.6 Å². The third kappa shape index (κ3) is 16.6. The van der Waals surface area contributed by atoms with Gasteiger partial charge in [0.1, 0.15) is 10.5 Å². The first kappa shape index (κ1) is 60.2. The van der Waals surface area contributed by atoms with Crippen molar-refractivity contribution in [3.63, 3.8) is 0 Å². The number of alkyl halides is 3. The summed E-state index contributed by atoms with van der Waals surface area (Å²) in [5, 5.41) is 6.78. The van der Waals surface area contributed by atoms with Crippen LogP contribution in [0.3, 0.4) is 0 Å². The quantitative estimate of drug-likeness (QED) is 0.0759. The minimum atomic E-state index is -6.08. The van der Waals surface area contributed by atoms with Crippen LogP contribution in [0, 0.1) is 5.41 Å². The normalized spacial score (nSPS) is 20.9. The molecule has 15 nitrogen and oxygen atoms in total. The predicted molar refractivity (Wildman–Crippen MR) is 305 cm³/mol. The minimum absolute atomic E-state index is 0.0165. The number of anilines is 2. The number of thioether (sulfide) groups is 1. The van der Waals surface area contributed by atoms with Gasteiger partial charge >= 0.3 is 11.6 Å². The fourth-order valence-corrected chi connectivity index (χ4v) is 14.0. The number of likely N-dealkylation sites (tertiary alicyclic amines) is 1. The molecule has 4 aliphatic rings. The van der Waals surface area contributed by atoms with Gasteiger partial charge in [-0.25, -0.2) is 26.4 Å². The average molecular weight is 1170 g/mol. The number of sulfone groups is 1. The van der Waals surface area contributed by atoms with Crippen LogP contribution in [0.2, 0.25) is 5.02 Å². The number of amides is 2. The van der Waals surface area contributed by atoms with Crippen LogP contribution in [0.4, 0.5) is 29.3 Å². The first-order chi connectivity index (χ1) is 37.4. The number of morpholine rings is 1. The molecule has 1 aliphatic carbocycles. The molecular weight excluding hydrogens is 1100 g/mol. The van der Waals surface area contributed by atoms with E-state index in [1.807, 2.05) is 68.0 Å². The summed E-state index contributed by atoms with van der Waals surface area (Å²) < 4.78 is 110. The zero-order valence-corrected chi connectivity index (χ0v) is 48.5. The zero-order valence-electron chi connectivity index (χ0n) is 45.3. The topological polar surface area (TPSA) is 170 Å². The number of allylic oxidation sites excluding steroid dienone is 1. The van der Waals surface area contributed by atoms with Crippen LogP contribution in [0.1, 0.15) is 82.1 Å². The number of benzene rings is 4. The van der Waals surface area contributed by atoms with E-state index in [-0.39, 0.29) is 23.1 Å². The predicted octanol–water partition coefficient (Wildman–Crippen LogP) is 9.80. The molecule has 3 fully saturated rings. The molecule has 0 radical (unpaired) electrons. The number of piperazine rings is 1. The number of sulfonamides is 1. The summed E-state index contributed by atoms with van der Waals surface area (Å²) in [7, 11) is -11.0. The van der Waals surface area contributed by atoms with E-state index in [4.69, 9.17) is 21.1 Å². The third-order valence-corrected chi connectivity index (χ3v) is 19.2. The Balaban J connectivity index is 0.903. The van der Waals surface area contributed by atoms with Gasteiger partial charge in [0.25, 0.3) is 25.8 Å². The molecule has 22 heteroatoms. The largest absolute Gasteiger partial charge is 0.501 e. The van der Waals surface area contributed by atoms with E-state index in [0.29, 0.717) is 69.2 Å². The summed E-state index contributed by atoms with van der Waals surface area (Å²) >= 11 is 7.78. The van der Waals surface area contributed by atoms with Crippen LogP contribution in [0.25, 0.3) is 5.57 Å². The Bertz CT molecular complexity index is 2990. The SMILES string of the molecule is CC1(CN2CCC[C@H](NC(=O)OC(C)(C)C)C2)CCC(c2ccc(Cl)cc2)=C(CN2CCN(c3ccc(C(=O)NS(=O)(=O)c4ccc(N[C@H](CCN5CCOCC5)CSc5ccccc5)c(S(=O)(=O)C(F)(F)F)c4)cc3)CC2)C1. The summed E-state index contributed by atoms with van der Waals surface area (Å²) in [6, 6.07) is 25.8. The maximum absolute atomic E-state index is 14.3. The number of carbonyl (C=O) groups excluding carboxylic acids is 2. The zero-order chi connectivity index (χ0) is 56.6. The lowest BCUT2D eigenvalue weighted by atomic mass is 9.71. The van der Waals surface area contributed by atoms with Gasteiger partial charge in [-0.05, 0) is 149 Å². The highest BCUT2D eigenvalue weighted by atomic mass is 35.5. The number of hydrogen-bond acceptors (Lipinski definition) is 14. The molecule has 0 aromatic heterocycles. The second-order valence-corrected chi connectivity index (χ2v) is 27.5. The van der Waals surface area contributed by atoms with Crippen LogP contribution in [0.5, 0.6) is 0 Å². The Morgan fingerprint density at radius 2 is 1.56 bits per heavy atom. The summed E-state index contributed by atoms with van der Waals surface area (Å²) in [5.74, 6) is -0.682. The molecule has 0 saturated carbocycles. The molecule has 0 bridgehead atoms. The highest BCUT2D eigenvalue weighted by molar-refractivity contribution is 7.99. The molecule has 4 aromatic rings. The molecule has 4 aromatic carbocycles. The number of alkyl carbamates (subject to hydrolysis) is 1. The lowest BCUT2D eigenvalue weighted by Crippen LogP contribution is -2.51. The van der Waals surface area contributed by atoms with Crippen molar-refractivity contribution in [2.75, 3.05) is 101 Å². The van der Waals surface area contributed by atoms with Crippen LogP contribution in [-0.2, 0) is 29.3 Å². The first-order valence-corrected chi connectivity index (χ1v) is 31.3. The lowest BCUT2D eigenvalue weighted by Gasteiger charge is -2.44. The number of piperidine rings is 1. The lowest BCUT2D eigenvalue weighted by molar-refractivity contribution is -0.0436. The molecule has 3 atom stereocenters. The second kappa shape index (κ2) is 25.9. The standard InChI is InChI=1S/C57H73ClF3N7O8S3/c1-55(2,3)76-54(70)63-45-9-8-25-67(38-45)40-56(4)24-22-50(41-12-16-44(58)17-13-41)43(36-56)37-66-27-29-68(30-28-66)47-18-14-42(15-19-47)53(69)64-79(73,74)49-20-21-51(52(35-49)78(71,72)57(59,60)61)62-46(23-26-65-31-33-75-34-32-65)39-77-48-10-6-5-7-11-48/h5-7,10-21,35,45-46,62H,8-9,22-34,36-40H2,1-4H3,(H,63,70)(H,64,69)/t45-,46+,56?/m0/s1. The molecule has 79 heavy (non-hydrogen) atoms. The van der Waals surface area contributed by atoms with Gasteiger partial charge in [-0.1, -0.05) is 54.4 Å². The van der Waals surface area contributed by atoms with Crippen molar-refractivity contribution in [1.29, 1.82) is 0 Å². The van der Waals surface area contributed by atoms with Gasteiger partial charge in [-0.15, -0.1) is 11.8 Å². The van der Waals surface area contributed by atoms with E-state index in [9.17, 15) is 39.6 Å². The summed E-state index contributed by atoms with van der Waals surface area (Å²) in [5.41, 5.74) is -1.99. The third-order valence-electron chi connectivity index (χ3n) is 14.9. The molecule has 3 aliphatic heterocycles. The Kier molecular flexibility index (Phi) is 19.8. The number of halogens is 4. The smallest absolute Gasteiger partial charge is 0.444 e. The Hall–Kier alpha value is -4.87. The van der Waals surface area contributed by atoms with Crippen LogP contribution >= 0.6 is 23.4 Å². The van der Waals surface area contributed by atoms with Crippen molar-refractivity contribution in [2.24, 2.45) is 5.41 Å². The van der Waals surface area contributed by atoms with Crippen LogP contribution < -0.4 is 20.3 Å². The molecule has 8 rings (SSSR count). The van der Waals surface area contributed by atoms with Gasteiger partial charge in [0.15, 0.2) is 0 Å². The Morgan fingerprint density at radius 3 is 2.23 bits per heavy atom. The van der Waals surface area contributed by atoms with E-state index in [1.165, 1.54) is 40.6 Å². The minimum Gasteiger partial charge on any atom is -0.444 e.